The first kappa shape index (κ1) is 25.5. The van der Waals surface area contributed by atoms with Crippen molar-refractivity contribution in [1.82, 2.24) is 14.9 Å². The summed E-state index contributed by atoms with van der Waals surface area (Å²) >= 11 is 0. The van der Waals surface area contributed by atoms with E-state index in [4.69, 9.17) is 14.7 Å². The predicted molar refractivity (Wildman–Crippen MR) is 152 cm³/mol. The Bertz CT molecular complexity index is 1470. The van der Waals surface area contributed by atoms with Crippen molar-refractivity contribution in [2.75, 3.05) is 67.2 Å². The van der Waals surface area contributed by atoms with E-state index in [0.29, 0.717) is 77.3 Å². The first-order valence-electron chi connectivity index (χ1n) is 14.5. The first-order valence-corrected chi connectivity index (χ1v) is 14.5. The number of carbonyl (C=O) groups is 1. The van der Waals surface area contributed by atoms with Gasteiger partial charge in [-0.25, -0.2) is 9.37 Å². The van der Waals surface area contributed by atoms with Crippen molar-refractivity contribution in [2.24, 2.45) is 0 Å². The zero-order valence-corrected chi connectivity index (χ0v) is 22.9. The van der Waals surface area contributed by atoms with Crippen molar-refractivity contribution in [3.8, 4) is 5.75 Å². The quantitative estimate of drug-likeness (QED) is 0.530. The normalized spacial score (nSPS) is 21.7. The Balaban J connectivity index is 1.34. The topological polar surface area (TPSA) is 85.3 Å². The SMILES string of the molecule is CCc1c(F)ccc2cc(O)cc(N3Cc4nc(N5CCN6CCCC6C5)nc(N5CCCOCC5)c4C3=O)c12. The molecule has 0 spiro atoms. The van der Waals surface area contributed by atoms with Crippen molar-refractivity contribution >= 4 is 34.1 Å². The second-order valence-electron chi connectivity index (χ2n) is 11.2. The Kier molecular flexibility index (Phi) is 6.47. The van der Waals surface area contributed by atoms with E-state index in [1.165, 1.54) is 18.9 Å². The first-order chi connectivity index (χ1) is 19.5. The Morgan fingerprint density at radius 2 is 1.95 bits per heavy atom. The van der Waals surface area contributed by atoms with E-state index in [-0.39, 0.29) is 24.0 Å². The molecule has 1 atom stereocenters. The molecular formula is C30H35FN6O3. The number of halogens is 1. The number of aromatic hydroxyl groups is 1. The van der Waals surface area contributed by atoms with Crippen LogP contribution in [-0.2, 0) is 17.7 Å². The minimum absolute atomic E-state index is 0.0333. The van der Waals surface area contributed by atoms with E-state index < -0.39 is 0 Å². The van der Waals surface area contributed by atoms with Crippen LogP contribution in [0.2, 0.25) is 0 Å². The highest BCUT2D eigenvalue weighted by molar-refractivity contribution is 6.16. The van der Waals surface area contributed by atoms with E-state index in [1.807, 2.05) is 6.92 Å². The van der Waals surface area contributed by atoms with Crippen LogP contribution in [0.5, 0.6) is 5.75 Å². The number of nitrogens with zero attached hydrogens (tertiary/aromatic N) is 6. The average Bonchev–Trinajstić information content (AvgIpc) is 3.45. The van der Waals surface area contributed by atoms with Crippen molar-refractivity contribution < 1.29 is 19.0 Å². The fourth-order valence-electron chi connectivity index (χ4n) is 6.90. The Labute approximate surface area is 233 Å². The molecule has 0 saturated carbocycles. The van der Waals surface area contributed by atoms with Crippen LogP contribution in [0.15, 0.2) is 24.3 Å². The van der Waals surface area contributed by atoms with Gasteiger partial charge >= 0.3 is 0 Å². The molecule has 210 valence electrons. The van der Waals surface area contributed by atoms with Crippen molar-refractivity contribution in [1.29, 1.82) is 0 Å². The fourth-order valence-corrected chi connectivity index (χ4v) is 6.90. The number of rotatable bonds is 4. The molecule has 0 bridgehead atoms. The van der Waals surface area contributed by atoms with Crippen molar-refractivity contribution in [2.45, 2.75) is 45.2 Å². The minimum atomic E-state index is -0.315. The van der Waals surface area contributed by atoms with Crippen LogP contribution in [0, 0.1) is 5.82 Å². The van der Waals surface area contributed by atoms with Crippen LogP contribution in [0.1, 0.15) is 47.8 Å². The van der Waals surface area contributed by atoms with Crippen LogP contribution < -0.4 is 14.7 Å². The molecule has 4 aliphatic rings. The molecule has 1 aromatic heterocycles. The second-order valence-corrected chi connectivity index (χ2v) is 11.2. The number of phenolic OH excluding ortho intramolecular Hbond substituents is 1. The van der Waals surface area contributed by atoms with Gasteiger partial charge in [-0.3, -0.25) is 9.69 Å². The minimum Gasteiger partial charge on any atom is -0.508 e. The summed E-state index contributed by atoms with van der Waals surface area (Å²) in [5.74, 6) is 0.815. The summed E-state index contributed by atoms with van der Waals surface area (Å²) in [4.78, 5) is 32.9. The molecule has 1 amide bonds. The Hall–Kier alpha value is -3.50. The Morgan fingerprint density at radius 3 is 2.83 bits per heavy atom. The number of ether oxygens (including phenoxy) is 1. The summed E-state index contributed by atoms with van der Waals surface area (Å²) < 4.78 is 20.6. The molecule has 1 N–H and O–H groups in total. The lowest BCUT2D eigenvalue weighted by atomic mass is 9.99. The summed E-state index contributed by atoms with van der Waals surface area (Å²) in [6.07, 6.45) is 3.73. The molecule has 1 unspecified atom stereocenters. The third kappa shape index (κ3) is 4.25. The highest BCUT2D eigenvalue weighted by atomic mass is 19.1. The van der Waals surface area contributed by atoms with Gasteiger partial charge < -0.3 is 24.5 Å². The summed E-state index contributed by atoms with van der Waals surface area (Å²) in [6, 6.07) is 6.78. The molecule has 2 aromatic carbocycles. The number of phenols is 1. The van der Waals surface area contributed by atoms with E-state index >= 15 is 0 Å². The highest BCUT2D eigenvalue weighted by Crippen LogP contribution is 2.41. The van der Waals surface area contributed by atoms with Gasteiger partial charge in [0, 0.05) is 56.8 Å². The van der Waals surface area contributed by atoms with Crippen molar-refractivity contribution in [3.05, 3.63) is 46.9 Å². The van der Waals surface area contributed by atoms with Crippen molar-refractivity contribution in [3.63, 3.8) is 0 Å². The van der Waals surface area contributed by atoms with Crippen LogP contribution in [0.4, 0.5) is 21.8 Å². The third-order valence-corrected chi connectivity index (χ3v) is 8.89. The molecular weight excluding hydrogens is 511 g/mol. The number of benzene rings is 2. The van der Waals surface area contributed by atoms with Gasteiger partial charge in [0.15, 0.2) is 0 Å². The van der Waals surface area contributed by atoms with E-state index in [1.54, 1.807) is 23.1 Å². The van der Waals surface area contributed by atoms with Gasteiger partial charge in [0.25, 0.3) is 5.91 Å². The Morgan fingerprint density at radius 1 is 1.05 bits per heavy atom. The van der Waals surface area contributed by atoms with Gasteiger partial charge in [-0.1, -0.05) is 13.0 Å². The maximum absolute atomic E-state index is 14.9. The number of carbonyl (C=O) groups excluding carboxylic acids is 1. The molecule has 40 heavy (non-hydrogen) atoms. The summed E-state index contributed by atoms with van der Waals surface area (Å²) in [6.45, 7) is 8.66. The molecule has 0 radical (unpaired) electrons. The number of anilines is 3. The number of piperazine rings is 1. The van der Waals surface area contributed by atoms with E-state index in [0.717, 1.165) is 39.1 Å². The number of aromatic nitrogens is 2. The van der Waals surface area contributed by atoms with Gasteiger partial charge in [-0.2, -0.15) is 4.98 Å². The van der Waals surface area contributed by atoms with E-state index in [9.17, 15) is 14.3 Å². The largest absolute Gasteiger partial charge is 0.508 e. The smallest absolute Gasteiger partial charge is 0.264 e. The lowest BCUT2D eigenvalue weighted by Gasteiger charge is -2.38. The molecule has 4 aliphatic heterocycles. The molecule has 9 nitrogen and oxygen atoms in total. The summed E-state index contributed by atoms with van der Waals surface area (Å²) in [5, 5.41) is 11.9. The molecule has 3 saturated heterocycles. The van der Waals surface area contributed by atoms with Crippen LogP contribution >= 0.6 is 0 Å². The van der Waals surface area contributed by atoms with Crippen LogP contribution in [0.25, 0.3) is 10.8 Å². The van der Waals surface area contributed by atoms with Gasteiger partial charge in [0.2, 0.25) is 5.95 Å². The number of hydrogen-bond donors (Lipinski definition) is 1. The summed E-state index contributed by atoms with van der Waals surface area (Å²) in [5.41, 5.74) is 2.20. The predicted octanol–water partition coefficient (Wildman–Crippen LogP) is 3.71. The molecule has 0 aliphatic carbocycles. The monoisotopic (exact) mass is 546 g/mol. The zero-order valence-electron chi connectivity index (χ0n) is 22.9. The van der Waals surface area contributed by atoms with Gasteiger partial charge in [-0.05, 0) is 55.3 Å². The van der Waals surface area contributed by atoms with Gasteiger partial charge in [-0.15, -0.1) is 0 Å². The second kappa shape index (κ2) is 10.2. The standard InChI is InChI=1S/C30H35FN6O3/c1-2-22-23(31)7-6-19-15-21(38)16-25(26(19)22)37-18-24-27(29(37)39)28(35-9-4-13-40-14-12-35)33-30(32-24)36-11-10-34-8-3-5-20(34)17-36/h6-7,15-16,20,38H,2-5,8-14,17-18H2,1H3. The number of amides is 1. The highest BCUT2D eigenvalue weighted by Gasteiger charge is 2.39. The molecule has 10 heteroatoms. The number of fused-ring (bicyclic) bond motifs is 3. The van der Waals surface area contributed by atoms with Crippen LogP contribution in [-0.4, -0.2) is 84.4 Å². The fraction of sp³-hybridized carbons (Fsp3) is 0.500. The lowest BCUT2D eigenvalue weighted by Crippen LogP contribution is -2.50. The lowest BCUT2D eigenvalue weighted by molar-refractivity contribution is 0.0997. The van der Waals surface area contributed by atoms with Gasteiger partial charge in [0.1, 0.15) is 22.9 Å². The maximum Gasteiger partial charge on any atom is 0.264 e. The molecule has 7 rings (SSSR count). The molecule has 3 aromatic rings. The average molecular weight is 547 g/mol. The zero-order chi connectivity index (χ0) is 27.4. The maximum atomic E-state index is 14.9. The molecule has 3 fully saturated rings. The van der Waals surface area contributed by atoms with E-state index in [2.05, 4.69) is 14.7 Å². The van der Waals surface area contributed by atoms with Crippen LogP contribution in [0.3, 0.4) is 0 Å². The number of aryl methyl sites for hydroxylation is 1. The van der Waals surface area contributed by atoms with Gasteiger partial charge in [0.05, 0.1) is 24.5 Å². The third-order valence-electron chi connectivity index (χ3n) is 8.89. The summed E-state index contributed by atoms with van der Waals surface area (Å²) in [7, 11) is 0. The number of hydrogen-bond acceptors (Lipinski definition) is 8. The molecule has 5 heterocycles.